The van der Waals surface area contributed by atoms with E-state index >= 15 is 0 Å². The smallest absolute Gasteiger partial charge is 0.136 e. The second kappa shape index (κ2) is 14.3. The molecule has 0 fully saturated rings. The van der Waals surface area contributed by atoms with Gasteiger partial charge in [0.25, 0.3) is 0 Å². The van der Waals surface area contributed by atoms with Crippen LogP contribution in [0.3, 0.4) is 0 Å². The lowest BCUT2D eigenvalue weighted by molar-refractivity contribution is 0.668. The molecule has 0 radical (unpaired) electrons. The van der Waals surface area contributed by atoms with E-state index < -0.39 is 0 Å². The number of hydrogen-bond acceptors (Lipinski definition) is 3. The van der Waals surface area contributed by atoms with Crippen LogP contribution in [-0.2, 0) is 0 Å². The van der Waals surface area contributed by atoms with Crippen LogP contribution < -0.4 is 4.90 Å². The lowest BCUT2D eigenvalue weighted by Crippen LogP contribution is -2.11. The number of furan rings is 2. The van der Waals surface area contributed by atoms with Crippen molar-refractivity contribution in [3.8, 4) is 44.5 Å². The predicted molar refractivity (Wildman–Crippen MR) is 255 cm³/mol. The molecule has 0 aliphatic heterocycles. The Balaban J connectivity index is 0.969. The summed E-state index contributed by atoms with van der Waals surface area (Å²) in [7, 11) is 0. The van der Waals surface area contributed by atoms with E-state index in [4.69, 9.17) is 8.83 Å². The Labute approximate surface area is 353 Å². The van der Waals surface area contributed by atoms with Gasteiger partial charge in [0.1, 0.15) is 22.3 Å². The summed E-state index contributed by atoms with van der Waals surface area (Å²) in [4.78, 5) is 2.38. The average Bonchev–Trinajstić information content (AvgIpc) is 3.90. The van der Waals surface area contributed by atoms with Gasteiger partial charge in [0, 0.05) is 38.5 Å². The molecule has 12 rings (SSSR count). The number of hydrogen-bond donors (Lipinski definition) is 0. The molecule has 0 amide bonds. The Bertz CT molecular complexity index is 3590. The quantitative estimate of drug-likeness (QED) is 0.161. The van der Waals surface area contributed by atoms with Gasteiger partial charge in [0.15, 0.2) is 0 Å². The Morgan fingerprint density at radius 2 is 0.803 bits per heavy atom. The SMILES string of the molecule is c1cc(-c2ccc(-c3cccc4ccccc34)cc2)cc(N(c2ccc(-c3ccc4c(c3)oc3ccccc34)cc2)c2ccccc2-c2ccc3oc4ccccc4c3c2)c1. The zero-order valence-electron chi connectivity index (χ0n) is 33.1. The molecule has 0 bridgehead atoms. The molecule has 0 saturated heterocycles. The number of rotatable bonds is 7. The minimum atomic E-state index is 0.884. The molecule has 0 unspecified atom stereocenters. The highest BCUT2D eigenvalue weighted by Gasteiger charge is 2.19. The Morgan fingerprint density at radius 3 is 1.62 bits per heavy atom. The molecule has 0 N–H and O–H groups in total. The molecular weight excluding hydrogens is 743 g/mol. The van der Waals surface area contributed by atoms with Gasteiger partial charge in [-0.2, -0.15) is 0 Å². The fraction of sp³-hybridized carbons (Fsp3) is 0. The summed E-state index contributed by atoms with van der Waals surface area (Å²) < 4.78 is 12.5. The van der Waals surface area contributed by atoms with Crippen molar-refractivity contribution in [3.63, 3.8) is 0 Å². The fourth-order valence-corrected chi connectivity index (χ4v) is 9.09. The summed E-state index contributed by atoms with van der Waals surface area (Å²) in [5.74, 6) is 0. The molecule has 0 atom stereocenters. The Hall–Kier alpha value is -8.14. The normalized spacial score (nSPS) is 11.6. The molecule has 286 valence electrons. The van der Waals surface area contributed by atoms with Crippen LogP contribution in [0.4, 0.5) is 17.1 Å². The van der Waals surface area contributed by atoms with Gasteiger partial charge < -0.3 is 13.7 Å². The zero-order chi connectivity index (χ0) is 40.3. The molecule has 3 heteroatoms. The van der Waals surface area contributed by atoms with E-state index in [-0.39, 0.29) is 0 Å². The number of anilines is 3. The maximum absolute atomic E-state index is 6.27. The molecule has 3 nitrogen and oxygen atoms in total. The van der Waals surface area contributed by atoms with Crippen LogP contribution in [0.1, 0.15) is 0 Å². The van der Waals surface area contributed by atoms with Gasteiger partial charge in [-0.05, 0) is 116 Å². The van der Waals surface area contributed by atoms with Crippen molar-refractivity contribution in [2.24, 2.45) is 0 Å². The fourth-order valence-electron chi connectivity index (χ4n) is 9.09. The van der Waals surface area contributed by atoms with Crippen LogP contribution in [-0.4, -0.2) is 0 Å². The summed E-state index contributed by atoms with van der Waals surface area (Å²) in [5.41, 5.74) is 16.0. The largest absolute Gasteiger partial charge is 0.456 e. The minimum absolute atomic E-state index is 0.884. The maximum atomic E-state index is 6.27. The third-order valence-corrected chi connectivity index (χ3v) is 12.1. The average molecular weight is 780 g/mol. The van der Waals surface area contributed by atoms with Gasteiger partial charge in [-0.15, -0.1) is 0 Å². The van der Waals surface area contributed by atoms with Crippen LogP contribution in [0.5, 0.6) is 0 Å². The van der Waals surface area contributed by atoms with E-state index in [0.29, 0.717) is 0 Å². The first kappa shape index (κ1) is 34.9. The highest BCUT2D eigenvalue weighted by atomic mass is 16.3. The van der Waals surface area contributed by atoms with Gasteiger partial charge >= 0.3 is 0 Å². The van der Waals surface area contributed by atoms with E-state index in [1.807, 2.05) is 24.3 Å². The molecule has 2 heterocycles. The first-order valence-electron chi connectivity index (χ1n) is 20.7. The highest BCUT2D eigenvalue weighted by molar-refractivity contribution is 6.08. The van der Waals surface area contributed by atoms with E-state index in [0.717, 1.165) is 94.3 Å². The second-order valence-corrected chi connectivity index (χ2v) is 15.7. The minimum Gasteiger partial charge on any atom is -0.456 e. The van der Waals surface area contributed by atoms with Crippen molar-refractivity contribution < 1.29 is 8.83 Å². The maximum Gasteiger partial charge on any atom is 0.136 e. The highest BCUT2D eigenvalue weighted by Crippen LogP contribution is 2.44. The second-order valence-electron chi connectivity index (χ2n) is 15.7. The molecule has 12 aromatic rings. The lowest BCUT2D eigenvalue weighted by atomic mass is 9.96. The van der Waals surface area contributed by atoms with Crippen LogP contribution >= 0.6 is 0 Å². The molecule has 10 aromatic carbocycles. The summed E-state index contributed by atoms with van der Waals surface area (Å²) >= 11 is 0. The van der Waals surface area contributed by atoms with Crippen LogP contribution in [0.25, 0.3) is 99.2 Å². The van der Waals surface area contributed by atoms with Crippen molar-refractivity contribution in [1.82, 2.24) is 0 Å². The molecule has 61 heavy (non-hydrogen) atoms. The van der Waals surface area contributed by atoms with E-state index in [9.17, 15) is 0 Å². The predicted octanol–water partition coefficient (Wildman–Crippen LogP) is 16.8. The van der Waals surface area contributed by atoms with Crippen molar-refractivity contribution in [1.29, 1.82) is 0 Å². The Morgan fingerprint density at radius 1 is 0.262 bits per heavy atom. The summed E-state index contributed by atoms with van der Waals surface area (Å²) in [6, 6.07) is 80.1. The first-order valence-corrected chi connectivity index (χ1v) is 20.7. The van der Waals surface area contributed by atoms with Gasteiger partial charge in [-0.25, -0.2) is 0 Å². The topological polar surface area (TPSA) is 29.5 Å². The van der Waals surface area contributed by atoms with Crippen molar-refractivity contribution in [3.05, 3.63) is 224 Å². The number of benzene rings is 10. The van der Waals surface area contributed by atoms with Crippen molar-refractivity contribution >= 4 is 71.7 Å². The van der Waals surface area contributed by atoms with Gasteiger partial charge in [0.2, 0.25) is 0 Å². The third kappa shape index (κ3) is 6.06. The van der Waals surface area contributed by atoms with Crippen molar-refractivity contribution in [2.45, 2.75) is 0 Å². The number of fused-ring (bicyclic) bond motifs is 7. The molecule has 2 aromatic heterocycles. The summed E-state index contributed by atoms with van der Waals surface area (Å²) in [6.45, 7) is 0. The summed E-state index contributed by atoms with van der Waals surface area (Å²) in [5, 5.41) is 6.99. The summed E-state index contributed by atoms with van der Waals surface area (Å²) in [6.07, 6.45) is 0. The lowest BCUT2D eigenvalue weighted by Gasteiger charge is -2.28. The molecule has 0 aliphatic rings. The van der Waals surface area contributed by atoms with E-state index in [1.165, 1.54) is 21.9 Å². The molecule has 0 spiro atoms. The van der Waals surface area contributed by atoms with Crippen LogP contribution in [0.15, 0.2) is 233 Å². The van der Waals surface area contributed by atoms with Gasteiger partial charge in [-0.3, -0.25) is 0 Å². The van der Waals surface area contributed by atoms with Gasteiger partial charge in [-0.1, -0.05) is 158 Å². The monoisotopic (exact) mass is 779 g/mol. The van der Waals surface area contributed by atoms with Crippen LogP contribution in [0, 0.1) is 0 Å². The van der Waals surface area contributed by atoms with Crippen LogP contribution in [0.2, 0.25) is 0 Å². The van der Waals surface area contributed by atoms with Gasteiger partial charge in [0.05, 0.1) is 5.69 Å². The Kier molecular flexibility index (Phi) is 8.17. The van der Waals surface area contributed by atoms with E-state index in [1.54, 1.807) is 0 Å². The number of para-hydroxylation sites is 3. The zero-order valence-corrected chi connectivity index (χ0v) is 33.1. The molecular formula is C58H37NO2. The number of nitrogens with zero attached hydrogens (tertiary/aromatic N) is 1. The first-order chi connectivity index (χ1) is 30.2. The van der Waals surface area contributed by atoms with Crippen molar-refractivity contribution in [2.75, 3.05) is 4.90 Å². The van der Waals surface area contributed by atoms with E-state index in [2.05, 4.69) is 205 Å². The standard InChI is InChI=1S/C58H37NO2/c1-2-15-47-40(11-1)12-10-19-48(47)41-25-23-38(24-26-41)42-13-9-14-46(35-42)59(45-31-27-39(28-32-45)43-29-33-52-50-17-4-7-21-55(50)61-58(52)37-43)54-20-6-3-16-49(54)44-30-34-57-53(36-44)51-18-5-8-22-56(51)60-57/h1-37H. The third-order valence-electron chi connectivity index (χ3n) is 12.1. The molecule has 0 aliphatic carbocycles. The molecule has 0 saturated carbocycles.